The molecule has 3 rings (SSSR count). The molecule has 0 aliphatic heterocycles. The average Bonchev–Trinajstić information content (AvgIpc) is 3.05. The molecule has 8 nitrogen and oxygen atoms in total. The summed E-state index contributed by atoms with van der Waals surface area (Å²) in [4.78, 5) is 25.8. The third-order valence-corrected chi connectivity index (χ3v) is 5.28. The predicted molar refractivity (Wildman–Crippen MR) is 114 cm³/mol. The quantitative estimate of drug-likeness (QED) is 0.310. The number of aliphatic hydroxyl groups is 1. The Labute approximate surface area is 181 Å². The maximum atomic E-state index is 13.1. The summed E-state index contributed by atoms with van der Waals surface area (Å²) in [5.41, 5.74) is 2.49. The number of hydrogen-bond donors (Lipinski definition) is 1. The van der Waals surface area contributed by atoms with E-state index in [4.69, 9.17) is 18.9 Å². The molecule has 0 radical (unpaired) electrons. The third kappa shape index (κ3) is 4.23. The summed E-state index contributed by atoms with van der Waals surface area (Å²) in [6.07, 6.45) is 2.65. The molecular formula is C23H27NO7. The second-order valence-electron chi connectivity index (χ2n) is 7.08. The molecule has 1 N–H and O–H groups in total. The first-order valence-corrected chi connectivity index (χ1v) is 10.0. The minimum Gasteiger partial charge on any atom is -0.515 e. The third-order valence-electron chi connectivity index (χ3n) is 5.28. The van der Waals surface area contributed by atoms with Gasteiger partial charge in [-0.1, -0.05) is 0 Å². The van der Waals surface area contributed by atoms with Gasteiger partial charge in [0.1, 0.15) is 5.69 Å². The van der Waals surface area contributed by atoms with Gasteiger partial charge in [0.25, 0.3) is 0 Å². The van der Waals surface area contributed by atoms with Crippen molar-refractivity contribution in [1.29, 1.82) is 0 Å². The lowest BCUT2D eigenvalue weighted by molar-refractivity contribution is 0.0514. The molecule has 0 amide bonds. The van der Waals surface area contributed by atoms with Crippen molar-refractivity contribution in [2.75, 3.05) is 27.9 Å². The normalized spacial score (nSPS) is 14.7. The molecule has 31 heavy (non-hydrogen) atoms. The molecule has 0 saturated carbocycles. The minimum atomic E-state index is -0.509. The Morgan fingerprint density at radius 2 is 1.77 bits per heavy atom. The summed E-state index contributed by atoms with van der Waals surface area (Å²) in [6.45, 7) is 2.15. The van der Waals surface area contributed by atoms with Crippen molar-refractivity contribution in [3.8, 4) is 17.2 Å². The molecule has 0 spiro atoms. The Hall–Kier alpha value is -3.42. The van der Waals surface area contributed by atoms with Crippen LogP contribution in [0.5, 0.6) is 17.2 Å². The molecule has 1 heterocycles. The zero-order valence-electron chi connectivity index (χ0n) is 18.2. The van der Waals surface area contributed by atoms with Crippen LogP contribution in [0.2, 0.25) is 0 Å². The van der Waals surface area contributed by atoms with Gasteiger partial charge in [-0.3, -0.25) is 4.79 Å². The summed E-state index contributed by atoms with van der Waals surface area (Å²) in [7, 11) is 4.56. The number of benzene rings is 1. The topological polar surface area (TPSA) is 96.2 Å². The highest BCUT2D eigenvalue weighted by Crippen LogP contribution is 2.39. The molecule has 1 aliphatic carbocycles. The van der Waals surface area contributed by atoms with Crippen LogP contribution in [0.25, 0.3) is 0 Å². The highest BCUT2D eigenvalue weighted by Gasteiger charge is 2.29. The summed E-state index contributed by atoms with van der Waals surface area (Å²) < 4.78 is 23.1. The Bertz CT molecular complexity index is 994. The summed E-state index contributed by atoms with van der Waals surface area (Å²) in [5, 5.41) is 9.56. The van der Waals surface area contributed by atoms with Crippen LogP contribution in [0.1, 0.15) is 51.9 Å². The maximum Gasteiger partial charge on any atom is 0.354 e. The molecule has 0 unspecified atom stereocenters. The lowest BCUT2D eigenvalue weighted by atomic mass is 10.1. The van der Waals surface area contributed by atoms with E-state index in [1.165, 1.54) is 21.3 Å². The highest BCUT2D eigenvalue weighted by atomic mass is 16.5. The SMILES string of the molecule is CCOC(=O)c1cc2c(n1Cc1cc(OC)c(OC)c(OC)c1)C(=O)C(=CO)CCC2. The lowest BCUT2D eigenvalue weighted by Crippen LogP contribution is -2.18. The van der Waals surface area contributed by atoms with Crippen LogP contribution >= 0.6 is 0 Å². The van der Waals surface area contributed by atoms with Crippen LogP contribution < -0.4 is 14.2 Å². The second kappa shape index (κ2) is 9.59. The minimum absolute atomic E-state index is 0.199. The van der Waals surface area contributed by atoms with Gasteiger partial charge in [-0.15, -0.1) is 0 Å². The molecule has 2 aromatic rings. The smallest absolute Gasteiger partial charge is 0.354 e. The van der Waals surface area contributed by atoms with E-state index in [0.29, 0.717) is 47.8 Å². The first-order valence-electron chi connectivity index (χ1n) is 10.0. The summed E-state index contributed by atoms with van der Waals surface area (Å²) in [6, 6.07) is 5.25. The number of allylic oxidation sites excluding steroid dienone is 1. The molecular weight excluding hydrogens is 402 g/mol. The zero-order valence-corrected chi connectivity index (χ0v) is 18.2. The fraction of sp³-hybridized carbons (Fsp3) is 0.391. The van der Waals surface area contributed by atoms with E-state index in [-0.39, 0.29) is 24.6 Å². The van der Waals surface area contributed by atoms with E-state index in [0.717, 1.165) is 17.4 Å². The van der Waals surface area contributed by atoms with Gasteiger partial charge in [-0.2, -0.15) is 0 Å². The maximum absolute atomic E-state index is 13.1. The van der Waals surface area contributed by atoms with E-state index in [2.05, 4.69) is 0 Å². The summed E-state index contributed by atoms with van der Waals surface area (Å²) in [5.74, 6) is 0.584. The molecule has 166 valence electrons. The van der Waals surface area contributed by atoms with E-state index in [1.54, 1.807) is 29.7 Å². The fourth-order valence-corrected chi connectivity index (χ4v) is 3.87. The van der Waals surface area contributed by atoms with Crippen molar-refractivity contribution < 1.29 is 33.6 Å². The van der Waals surface area contributed by atoms with Crippen LogP contribution in [0.3, 0.4) is 0 Å². The number of ketones is 1. The Balaban J connectivity index is 2.17. The summed E-state index contributed by atoms with van der Waals surface area (Å²) >= 11 is 0. The number of esters is 1. The number of ether oxygens (including phenoxy) is 4. The van der Waals surface area contributed by atoms with E-state index >= 15 is 0 Å². The van der Waals surface area contributed by atoms with Crippen LogP contribution in [0.15, 0.2) is 30.0 Å². The lowest BCUT2D eigenvalue weighted by Gasteiger charge is -2.17. The Kier molecular flexibility index (Phi) is 6.89. The molecule has 0 atom stereocenters. The van der Waals surface area contributed by atoms with Gasteiger partial charge in [-0.05, 0) is 55.5 Å². The fourth-order valence-electron chi connectivity index (χ4n) is 3.87. The Morgan fingerprint density at radius 1 is 1.10 bits per heavy atom. The largest absolute Gasteiger partial charge is 0.515 e. The number of rotatable bonds is 7. The number of Topliss-reactive ketones (excluding diaryl/α,β-unsaturated/α-hetero) is 1. The van der Waals surface area contributed by atoms with Gasteiger partial charge in [0, 0.05) is 12.1 Å². The average molecular weight is 429 g/mol. The van der Waals surface area contributed by atoms with Gasteiger partial charge >= 0.3 is 5.97 Å². The van der Waals surface area contributed by atoms with Crippen molar-refractivity contribution in [3.05, 3.63) is 52.5 Å². The van der Waals surface area contributed by atoms with Crippen molar-refractivity contribution in [2.45, 2.75) is 32.7 Å². The van der Waals surface area contributed by atoms with E-state index in [9.17, 15) is 14.7 Å². The molecule has 1 aromatic carbocycles. The van der Waals surface area contributed by atoms with Gasteiger partial charge in [0.05, 0.1) is 39.9 Å². The molecule has 8 heteroatoms. The number of carbonyl (C=O) groups is 2. The van der Waals surface area contributed by atoms with Gasteiger partial charge in [0.2, 0.25) is 11.5 Å². The standard InChI is InChI=1S/C23H27NO7/c1-5-31-23(27)17-11-15-7-6-8-16(13-25)21(26)20(15)24(17)12-14-9-18(28-2)22(30-4)19(10-14)29-3/h9-11,13,25H,5-8,12H2,1-4H3. The van der Waals surface area contributed by atoms with Gasteiger partial charge < -0.3 is 28.6 Å². The predicted octanol–water partition coefficient (Wildman–Crippen LogP) is 3.70. The molecule has 1 aromatic heterocycles. The van der Waals surface area contributed by atoms with Crippen LogP contribution in [-0.2, 0) is 17.7 Å². The van der Waals surface area contributed by atoms with Crippen molar-refractivity contribution in [1.82, 2.24) is 4.57 Å². The zero-order chi connectivity index (χ0) is 22.5. The number of fused-ring (bicyclic) bond motifs is 1. The van der Waals surface area contributed by atoms with E-state index < -0.39 is 5.97 Å². The number of aryl methyl sites for hydroxylation is 1. The van der Waals surface area contributed by atoms with Gasteiger partial charge in [-0.25, -0.2) is 4.79 Å². The molecule has 0 saturated heterocycles. The number of nitrogens with zero attached hydrogens (tertiary/aromatic N) is 1. The molecule has 0 fully saturated rings. The van der Waals surface area contributed by atoms with Crippen molar-refractivity contribution >= 4 is 11.8 Å². The molecule has 1 aliphatic rings. The van der Waals surface area contributed by atoms with E-state index in [1.807, 2.05) is 0 Å². The number of hydrogen-bond acceptors (Lipinski definition) is 7. The van der Waals surface area contributed by atoms with Crippen LogP contribution in [0.4, 0.5) is 0 Å². The Morgan fingerprint density at radius 3 is 2.32 bits per heavy atom. The van der Waals surface area contributed by atoms with Crippen LogP contribution in [0, 0.1) is 0 Å². The number of methoxy groups -OCH3 is 3. The first-order chi connectivity index (χ1) is 15.0. The monoisotopic (exact) mass is 429 g/mol. The van der Waals surface area contributed by atoms with Crippen LogP contribution in [-0.4, -0.2) is 49.4 Å². The highest BCUT2D eigenvalue weighted by molar-refractivity contribution is 6.10. The number of aliphatic hydroxyl groups excluding tert-OH is 1. The van der Waals surface area contributed by atoms with Crippen molar-refractivity contribution in [2.24, 2.45) is 0 Å². The molecule has 0 bridgehead atoms. The van der Waals surface area contributed by atoms with Gasteiger partial charge in [0.15, 0.2) is 11.5 Å². The number of aromatic nitrogens is 1. The van der Waals surface area contributed by atoms with Crippen molar-refractivity contribution in [3.63, 3.8) is 0 Å². The first kappa shape index (κ1) is 22.3. The number of carbonyl (C=O) groups excluding carboxylic acids is 2. The second-order valence-corrected chi connectivity index (χ2v) is 7.08.